The van der Waals surface area contributed by atoms with E-state index in [4.69, 9.17) is 9.73 Å². The number of nitrogens with zero attached hydrogens (tertiary/aromatic N) is 2. The first-order chi connectivity index (χ1) is 13.0. The zero-order valence-corrected chi connectivity index (χ0v) is 17.1. The minimum atomic E-state index is -0.0407. The van der Waals surface area contributed by atoms with Gasteiger partial charge in [-0.3, -0.25) is 4.99 Å². The van der Waals surface area contributed by atoms with Crippen molar-refractivity contribution in [2.45, 2.75) is 27.4 Å². The summed E-state index contributed by atoms with van der Waals surface area (Å²) >= 11 is 0. The van der Waals surface area contributed by atoms with Gasteiger partial charge in [-0.05, 0) is 23.8 Å². The maximum atomic E-state index is 6.00. The van der Waals surface area contributed by atoms with Crippen LogP contribution < -0.4 is 22.0 Å². The minimum absolute atomic E-state index is 0. The van der Waals surface area contributed by atoms with Crippen LogP contribution >= 0.6 is 0 Å². The number of aliphatic imine (C=N–C) groups is 2. The van der Waals surface area contributed by atoms with Crippen LogP contribution in [0.1, 0.15) is 31.9 Å². The van der Waals surface area contributed by atoms with E-state index >= 15 is 0 Å². The van der Waals surface area contributed by atoms with Crippen LogP contribution in [0.4, 0.5) is 0 Å². The van der Waals surface area contributed by atoms with Crippen LogP contribution in [0.5, 0.6) is 5.75 Å². The summed E-state index contributed by atoms with van der Waals surface area (Å²) in [5.41, 5.74) is 4.38. The van der Waals surface area contributed by atoms with Crippen molar-refractivity contribution in [3.05, 3.63) is 89.5 Å². The third-order valence-electron chi connectivity index (χ3n) is 4.62. The van der Waals surface area contributed by atoms with Gasteiger partial charge in [-0.15, -0.1) is 0 Å². The van der Waals surface area contributed by atoms with Gasteiger partial charge in [0.1, 0.15) is 24.3 Å². The lowest BCUT2D eigenvalue weighted by molar-refractivity contribution is -0.689. The van der Waals surface area contributed by atoms with Crippen molar-refractivity contribution in [2.24, 2.45) is 15.4 Å². The monoisotopic (exact) mass is 393 g/mol. The number of nitrogens with one attached hydrogen (secondary N) is 1. The molecule has 1 atom stereocenters. The van der Waals surface area contributed by atoms with Crippen LogP contribution in [0.2, 0.25) is 0 Å². The van der Waals surface area contributed by atoms with Gasteiger partial charge in [-0.2, -0.15) is 4.99 Å². The molecule has 0 radical (unpaired) electrons. The molecule has 4 nitrogen and oxygen atoms in total. The van der Waals surface area contributed by atoms with E-state index < -0.39 is 0 Å². The Morgan fingerprint density at radius 2 is 1.79 bits per heavy atom. The Bertz CT molecular complexity index is 969. The van der Waals surface area contributed by atoms with Crippen molar-refractivity contribution in [3.63, 3.8) is 0 Å². The third-order valence-corrected chi connectivity index (χ3v) is 4.62. The smallest absolute Gasteiger partial charge is 0.243 e. The molecule has 0 saturated carbocycles. The number of amidine groups is 1. The number of hydrogen-bond acceptors (Lipinski definition) is 3. The highest BCUT2D eigenvalue weighted by atomic mass is 35.5. The molecular weight excluding hydrogens is 370 g/mol. The second kappa shape index (κ2) is 8.13. The van der Waals surface area contributed by atoms with E-state index in [1.807, 2.05) is 48.9 Å². The summed E-state index contributed by atoms with van der Waals surface area (Å²) in [6.07, 6.45) is 5.79. The topological polar surface area (TPSA) is 38.4 Å². The molecule has 0 spiro atoms. The van der Waals surface area contributed by atoms with E-state index in [0.29, 0.717) is 6.61 Å². The average Bonchev–Trinajstić information content (AvgIpc) is 3.08. The number of benzene rings is 2. The molecule has 2 heterocycles. The molecule has 2 aromatic carbocycles. The van der Waals surface area contributed by atoms with E-state index in [2.05, 4.69) is 50.0 Å². The Labute approximate surface area is 172 Å². The molecule has 0 bridgehead atoms. The van der Waals surface area contributed by atoms with Crippen LogP contribution in [-0.2, 0) is 6.61 Å². The number of rotatable bonds is 4. The number of hydrogen-bond donors (Lipinski definition) is 1. The van der Waals surface area contributed by atoms with Gasteiger partial charge in [0, 0.05) is 5.41 Å². The van der Waals surface area contributed by atoms with Gasteiger partial charge in [0.2, 0.25) is 5.84 Å². The summed E-state index contributed by atoms with van der Waals surface area (Å²) in [5.74, 6) is 1.83. The molecular formula is C23H24ClN3O. The second-order valence-electron chi connectivity index (χ2n) is 7.78. The second-order valence-corrected chi connectivity index (χ2v) is 7.78. The fourth-order valence-corrected chi connectivity index (χ4v) is 3.29. The Kier molecular flexibility index (Phi) is 5.82. The first-order valence-electron chi connectivity index (χ1n) is 9.20. The van der Waals surface area contributed by atoms with Crippen molar-refractivity contribution in [1.82, 2.24) is 0 Å². The van der Waals surface area contributed by atoms with E-state index in [0.717, 1.165) is 39.0 Å². The van der Waals surface area contributed by atoms with Gasteiger partial charge in [-0.1, -0.05) is 57.2 Å². The van der Waals surface area contributed by atoms with Crippen molar-refractivity contribution in [3.8, 4) is 5.75 Å². The van der Waals surface area contributed by atoms with E-state index in [1.165, 1.54) is 0 Å². The summed E-state index contributed by atoms with van der Waals surface area (Å²) in [6, 6.07) is 18.4. The fourth-order valence-electron chi connectivity index (χ4n) is 3.29. The lowest BCUT2D eigenvalue weighted by Crippen LogP contribution is -3.08. The lowest BCUT2D eigenvalue weighted by atomic mass is 9.91. The molecule has 0 aromatic heterocycles. The first kappa shape index (κ1) is 20.1. The summed E-state index contributed by atoms with van der Waals surface area (Å²) in [6.45, 7) is 7.11. The molecule has 2 aliphatic heterocycles. The van der Waals surface area contributed by atoms with E-state index in [-0.39, 0.29) is 17.8 Å². The predicted octanol–water partition coefficient (Wildman–Crippen LogP) is 0.728. The third kappa shape index (κ3) is 4.08. The van der Waals surface area contributed by atoms with Crippen LogP contribution in [0, 0.1) is 5.41 Å². The largest absolute Gasteiger partial charge is 1.00 e. The van der Waals surface area contributed by atoms with Crippen LogP contribution in [0.25, 0.3) is 0 Å². The molecule has 2 aromatic rings. The number of allylic oxidation sites excluding steroid dienone is 2. The number of halogens is 1. The molecule has 28 heavy (non-hydrogen) atoms. The fraction of sp³-hybridized carbons (Fsp3) is 0.217. The van der Waals surface area contributed by atoms with Crippen molar-refractivity contribution in [2.75, 3.05) is 0 Å². The maximum absolute atomic E-state index is 6.00. The molecule has 2 aliphatic rings. The van der Waals surface area contributed by atoms with Crippen LogP contribution in [0.15, 0.2) is 88.4 Å². The normalized spacial score (nSPS) is 17.8. The summed E-state index contributed by atoms with van der Waals surface area (Å²) < 4.78 is 6.00. The Morgan fingerprint density at radius 3 is 2.54 bits per heavy atom. The summed E-state index contributed by atoms with van der Waals surface area (Å²) in [4.78, 5) is 10.4. The Hall–Kier alpha value is -2.69. The summed E-state index contributed by atoms with van der Waals surface area (Å²) in [5, 5.41) is 0. The predicted molar refractivity (Wildman–Crippen MR) is 109 cm³/mol. The molecule has 0 aliphatic carbocycles. The van der Waals surface area contributed by atoms with E-state index in [1.54, 1.807) is 0 Å². The standard InChI is InChI=1S/C23H23N3O.ClH/c1-23(2,3)21-20-15-24-12-13-26(20)22(25-21)18-10-7-11-19(14-18)27-16-17-8-5-4-6-9-17;/h4-15H,16H2,1-3H3;1H. The summed E-state index contributed by atoms with van der Waals surface area (Å²) in [7, 11) is 0. The molecule has 0 fully saturated rings. The van der Waals surface area contributed by atoms with Gasteiger partial charge < -0.3 is 17.1 Å². The molecule has 0 amide bonds. The Balaban J connectivity index is 0.00000225. The molecule has 1 unspecified atom stereocenters. The molecule has 5 heteroatoms. The number of fused-ring (bicyclic) bond motifs is 1. The quantitative estimate of drug-likeness (QED) is 0.817. The zero-order valence-electron chi connectivity index (χ0n) is 16.3. The van der Waals surface area contributed by atoms with Crippen molar-refractivity contribution in [1.29, 1.82) is 0 Å². The highest BCUT2D eigenvalue weighted by molar-refractivity contribution is 5.98. The molecule has 1 N–H and O–H groups in total. The first-order valence-corrected chi connectivity index (χ1v) is 9.20. The van der Waals surface area contributed by atoms with Gasteiger partial charge in [-0.25, -0.2) is 4.90 Å². The maximum Gasteiger partial charge on any atom is 0.243 e. The van der Waals surface area contributed by atoms with Crippen molar-refractivity contribution >= 4 is 12.1 Å². The number of ether oxygens (including phenoxy) is 1. The Morgan fingerprint density at radius 1 is 1.00 bits per heavy atom. The van der Waals surface area contributed by atoms with Gasteiger partial charge in [0.25, 0.3) is 0 Å². The minimum Gasteiger partial charge on any atom is -1.00 e. The highest BCUT2D eigenvalue weighted by Gasteiger charge is 2.37. The molecule has 144 valence electrons. The van der Waals surface area contributed by atoms with Gasteiger partial charge in [0.05, 0.1) is 18.0 Å². The van der Waals surface area contributed by atoms with Crippen molar-refractivity contribution < 1.29 is 22.0 Å². The lowest BCUT2D eigenvalue weighted by Gasteiger charge is -2.18. The van der Waals surface area contributed by atoms with Gasteiger partial charge in [0.15, 0.2) is 5.70 Å². The average molecular weight is 394 g/mol. The van der Waals surface area contributed by atoms with Crippen LogP contribution in [-0.4, -0.2) is 12.1 Å². The molecule has 4 rings (SSSR count). The molecule has 0 saturated heterocycles. The SMILES string of the molecule is CC(C)(C)C1=C2C=NC=C[NH+]2C(c2cccc(OCc3ccccc3)c2)=N1.[Cl-]. The van der Waals surface area contributed by atoms with Gasteiger partial charge >= 0.3 is 0 Å². The zero-order chi connectivity index (χ0) is 18.9. The number of quaternary nitrogens is 1. The highest BCUT2D eigenvalue weighted by Crippen LogP contribution is 2.30. The van der Waals surface area contributed by atoms with Crippen LogP contribution in [0.3, 0.4) is 0 Å². The van der Waals surface area contributed by atoms with E-state index in [9.17, 15) is 0 Å².